The number of thiazole rings is 1. The van der Waals surface area contributed by atoms with E-state index in [1.54, 1.807) is 29.7 Å². The number of nitriles is 1. The Balaban J connectivity index is 1.53. The first-order valence-electron chi connectivity index (χ1n) is 15.4. The van der Waals surface area contributed by atoms with Crippen LogP contribution in [-0.2, 0) is 16.1 Å². The van der Waals surface area contributed by atoms with Gasteiger partial charge in [0.05, 0.1) is 50.3 Å². The number of hydrogen-bond donors (Lipinski definition) is 0. The van der Waals surface area contributed by atoms with Crippen molar-refractivity contribution in [3.63, 3.8) is 0 Å². The minimum Gasteiger partial charge on any atom is -0.494 e. The van der Waals surface area contributed by atoms with Crippen molar-refractivity contribution in [3.05, 3.63) is 152 Å². The zero-order chi connectivity index (χ0) is 34.5. The summed E-state index contributed by atoms with van der Waals surface area (Å²) in [7, 11) is 0. The van der Waals surface area contributed by atoms with Gasteiger partial charge in [0.25, 0.3) is 5.56 Å². The van der Waals surface area contributed by atoms with Crippen molar-refractivity contribution >= 4 is 67.6 Å². The minimum absolute atomic E-state index is 0.164. The molecule has 0 aliphatic carbocycles. The first-order valence-corrected chi connectivity index (χ1v) is 18.1. The summed E-state index contributed by atoms with van der Waals surface area (Å²) in [6, 6.07) is 29.2. The van der Waals surface area contributed by atoms with E-state index in [1.807, 2.05) is 85.8 Å². The third-order valence-corrected chi connectivity index (χ3v) is 9.91. The fourth-order valence-corrected chi connectivity index (χ4v) is 8.18. The number of hydrogen-bond acceptors (Lipinski definition) is 8. The average Bonchev–Trinajstić information content (AvgIpc) is 3.42. The van der Waals surface area contributed by atoms with E-state index in [2.05, 4.69) is 44.6 Å². The molecule has 5 aromatic rings. The van der Waals surface area contributed by atoms with Gasteiger partial charge in [-0.05, 0) is 90.0 Å². The SMILES string of the molecule is CCOC(=O)C1=C(c2ccccc2)N=c2s/c(=C\c3cc(Br)cc(I)c3OCc3ccc(C#N)cc3)c(=O)n2[C@H]1c1ccc(OCC)cc1. The van der Waals surface area contributed by atoms with Crippen molar-refractivity contribution in [2.45, 2.75) is 26.5 Å². The first-order chi connectivity index (χ1) is 23.8. The van der Waals surface area contributed by atoms with Crippen molar-refractivity contribution in [2.75, 3.05) is 13.2 Å². The maximum Gasteiger partial charge on any atom is 0.338 e. The van der Waals surface area contributed by atoms with Crippen LogP contribution in [0.2, 0.25) is 0 Å². The zero-order valence-corrected chi connectivity index (χ0v) is 31.0. The summed E-state index contributed by atoms with van der Waals surface area (Å²) in [6.45, 7) is 4.61. The van der Waals surface area contributed by atoms with E-state index in [0.717, 1.165) is 19.2 Å². The molecular weight excluding hydrogens is 817 g/mol. The molecule has 1 aromatic heterocycles. The molecule has 0 radical (unpaired) electrons. The molecule has 1 aliphatic rings. The van der Waals surface area contributed by atoms with Gasteiger partial charge in [-0.2, -0.15) is 5.26 Å². The molecule has 1 aliphatic heterocycles. The molecule has 0 saturated heterocycles. The Kier molecular flexibility index (Phi) is 10.8. The van der Waals surface area contributed by atoms with Crippen LogP contribution in [0.3, 0.4) is 0 Å². The van der Waals surface area contributed by atoms with Gasteiger partial charge in [0, 0.05) is 15.6 Å². The van der Waals surface area contributed by atoms with Crippen LogP contribution in [0, 0.1) is 14.9 Å². The van der Waals surface area contributed by atoms with Crippen molar-refractivity contribution < 1.29 is 19.0 Å². The highest BCUT2D eigenvalue weighted by molar-refractivity contribution is 14.1. The molecule has 0 unspecified atom stereocenters. The lowest BCUT2D eigenvalue weighted by molar-refractivity contribution is -0.138. The van der Waals surface area contributed by atoms with Crippen LogP contribution < -0.4 is 24.4 Å². The molecule has 0 spiro atoms. The van der Waals surface area contributed by atoms with Crippen LogP contribution in [-0.4, -0.2) is 23.8 Å². The Labute approximate surface area is 308 Å². The Morgan fingerprint density at radius 2 is 1.76 bits per heavy atom. The summed E-state index contributed by atoms with van der Waals surface area (Å²) in [5, 5.41) is 9.15. The van der Waals surface area contributed by atoms with Crippen molar-refractivity contribution in [1.82, 2.24) is 4.57 Å². The van der Waals surface area contributed by atoms with Crippen LogP contribution in [0.5, 0.6) is 11.5 Å². The van der Waals surface area contributed by atoms with Crippen molar-refractivity contribution in [3.8, 4) is 17.6 Å². The number of carbonyl (C=O) groups is 1. The molecule has 0 amide bonds. The number of benzene rings is 4. The molecule has 0 fully saturated rings. The summed E-state index contributed by atoms with van der Waals surface area (Å²) in [5.74, 6) is 0.749. The second kappa shape index (κ2) is 15.4. The van der Waals surface area contributed by atoms with Crippen LogP contribution in [0.15, 0.2) is 111 Å². The summed E-state index contributed by atoms with van der Waals surface area (Å²) < 4.78 is 21.3. The summed E-state index contributed by atoms with van der Waals surface area (Å²) >= 11 is 7.06. The summed E-state index contributed by atoms with van der Waals surface area (Å²) in [4.78, 5) is 33.6. The Hall–Kier alpha value is -4.51. The molecule has 0 bridgehead atoms. The first kappa shape index (κ1) is 34.4. The predicted octanol–water partition coefficient (Wildman–Crippen LogP) is 7.15. The van der Waals surface area contributed by atoms with Gasteiger partial charge < -0.3 is 14.2 Å². The average molecular weight is 847 g/mol. The summed E-state index contributed by atoms with van der Waals surface area (Å²) in [5.41, 5.74) is 4.05. The van der Waals surface area contributed by atoms with Gasteiger partial charge in [-0.1, -0.05) is 81.9 Å². The van der Waals surface area contributed by atoms with Gasteiger partial charge in [-0.15, -0.1) is 0 Å². The highest BCUT2D eigenvalue weighted by atomic mass is 127. The number of rotatable bonds is 10. The number of esters is 1. The molecule has 2 heterocycles. The van der Waals surface area contributed by atoms with Gasteiger partial charge in [-0.3, -0.25) is 9.36 Å². The minimum atomic E-state index is -0.807. The predicted molar refractivity (Wildman–Crippen MR) is 201 cm³/mol. The quantitative estimate of drug-likeness (QED) is 0.109. The lowest BCUT2D eigenvalue weighted by atomic mass is 9.93. The van der Waals surface area contributed by atoms with Crippen LogP contribution in [0.25, 0.3) is 11.8 Å². The van der Waals surface area contributed by atoms with E-state index in [4.69, 9.17) is 24.5 Å². The van der Waals surface area contributed by atoms with E-state index in [-0.39, 0.29) is 24.3 Å². The standard InChI is InChI=1S/C38H29BrIN3O5S/c1-3-46-29-16-14-26(15-17-29)34-32(37(45)47-4-2)33(25-8-6-5-7-9-25)42-38-43(34)36(44)31(49-38)19-27-18-28(39)20-30(40)35(27)48-22-24-12-10-23(21-41)11-13-24/h5-20,34H,3-4,22H2,1-2H3/b31-19-/t34-/m0/s1. The van der Waals surface area contributed by atoms with Gasteiger partial charge >= 0.3 is 5.97 Å². The molecule has 1 atom stereocenters. The molecule has 0 N–H and O–H groups in total. The smallest absolute Gasteiger partial charge is 0.338 e. The monoisotopic (exact) mass is 845 g/mol. The highest BCUT2D eigenvalue weighted by Gasteiger charge is 2.35. The van der Waals surface area contributed by atoms with Crippen LogP contribution in [0.1, 0.15) is 47.7 Å². The largest absolute Gasteiger partial charge is 0.494 e. The van der Waals surface area contributed by atoms with Gasteiger partial charge in [0.1, 0.15) is 18.1 Å². The molecule has 11 heteroatoms. The molecule has 8 nitrogen and oxygen atoms in total. The van der Waals surface area contributed by atoms with Gasteiger partial charge in [0.15, 0.2) is 4.80 Å². The molecule has 4 aromatic carbocycles. The topological polar surface area (TPSA) is 103 Å². The maximum atomic E-state index is 14.5. The zero-order valence-electron chi connectivity index (χ0n) is 26.5. The fourth-order valence-electron chi connectivity index (χ4n) is 5.48. The van der Waals surface area contributed by atoms with Crippen LogP contribution >= 0.6 is 49.9 Å². The van der Waals surface area contributed by atoms with E-state index < -0.39 is 12.0 Å². The fraction of sp³-hybridized carbons (Fsp3) is 0.158. The number of carbonyl (C=O) groups excluding carboxylic acids is 1. The Bertz CT molecular complexity index is 2280. The number of ether oxygens (including phenoxy) is 3. The highest BCUT2D eigenvalue weighted by Crippen LogP contribution is 2.36. The Morgan fingerprint density at radius 1 is 1.02 bits per heavy atom. The maximum absolute atomic E-state index is 14.5. The molecular formula is C38H29BrIN3O5S. The van der Waals surface area contributed by atoms with E-state index in [0.29, 0.717) is 49.8 Å². The molecule has 49 heavy (non-hydrogen) atoms. The molecule has 246 valence electrons. The lowest BCUT2D eigenvalue weighted by Crippen LogP contribution is -2.40. The molecule has 6 rings (SSSR count). The Morgan fingerprint density at radius 3 is 2.43 bits per heavy atom. The van der Waals surface area contributed by atoms with Crippen molar-refractivity contribution in [2.24, 2.45) is 4.99 Å². The van der Waals surface area contributed by atoms with Crippen LogP contribution in [0.4, 0.5) is 0 Å². The molecule has 0 saturated carbocycles. The van der Waals surface area contributed by atoms with E-state index in [1.165, 1.54) is 11.3 Å². The lowest BCUT2D eigenvalue weighted by Gasteiger charge is -2.26. The summed E-state index contributed by atoms with van der Waals surface area (Å²) in [6.07, 6.45) is 1.80. The van der Waals surface area contributed by atoms with Crippen molar-refractivity contribution in [1.29, 1.82) is 5.26 Å². The second-order valence-corrected chi connectivity index (χ2v) is 13.9. The third kappa shape index (κ3) is 7.41. The number of nitrogens with zero attached hydrogens (tertiary/aromatic N) is 3. The third-order valence-electron chi connectivity index (χ3n) is 7.67. The number of halogens is 2. The van der Waals surface area contributed by atoms with E-state index in [9.17, 15) is 9.59 Å². The second-order valence-electron chi connectivity index (χ2n) is 10.8. The van der Waals surface area contributed by atoms with Gasteiger partial charge in [-0.25, -0.2) is 9.79 Å². The number of aromatic nitrogens is 1. The normalized spacial score (nSPS) is 14.1. The number of fused-ring (bicyclic) bond motifs is 1. The van der Waals surface area contributed by atoms with Gasteiger partial charge in [0.2, 0.25) is 0 Å². The van der Waals surface area contributed by atoms with E-state index >= 15 is 0 Å².